The molecule has 0 bridgehead atoms. The van der Waals surface area contributed by atoms with Gasteiger partial charge in [-0.15, -0.1) is 23.1 Å². The topological polar surface area (TPSA) is 12.0 Å². The standard InChI is InChI=1S/C16H19BrFNS2/c1-2-9-19-12(10-13-7-8-16(17)21-13)11-20-15-6-4-3-5-14(15)18/h3-8,12,19H,2,9-11H2,1H3. The summed E-state index contributed by atoms with van der Waals surface area (Å²) < 4.78 is 14.8. The molecular formula is C16H19BrFNS2. The molecule has 0 aliphatic heterocycles. The van der Waals surface area contributed by atoms with E-state index >= 15 is 0 Å². The van der Waals surface area contributed by atoms with Crippen molar-refractivity contribution in [2.24, 2.45) is 0 Å². The van der Waals surface area contributed by atoms with Crippen LogP contribution in [0.15, 0.2) is 45.1 Å². The molecule has 0 saturated carbocycles. The van der Waals surface area contributed by atoms with Crippen molar-refractivity contribution in [3.63, 3.8) is 0 Å². The molecule has 0 saturated heterocycles. The lowest BCUT2D eigenvalue weighted by Gasteiger charge is -2.17. The normalized spacial score (nSPS) is 12.5. The lowest BCUT2D eigenvalue weighted by Crippen LogP contribution is -2.33. The first-order chi connectivity index (χ1) is 10.2. The smallest absolute Gasteiger partial charge is 0.136 e. The minimum Gasteiger partial charge on any atom is -0.313 e. The third-order valence-corrected chi connectivity index (χ3v) is 5.89. The quantitative estimate of drug-likeness (QED) is 0.612. The Balaban J connectivity index is 1.94. The van der Waals surface area contributed by atoms with Gasteiger partial charge < -0.3 is 5.32 Å². The largest absolute Gasteiger partial charge is 0.313 e. The van der Waals surface area contributed by atoms with Crippen LogP contribution in [0.1, 0.15) is 18.2 Å². The third kappa shape index (κ3) is 5.74. The van der Waals surface area contributed by atoms with Gasteiger partial charge in [0.05, 0.1) is 3.79 Å². The van der Waals surface area contributed by atoms with E-state index in [0.717, 1.165) is 33.8 Å². The van der Waals surface area contributed by atoms with Gasteiger partial charge in [0.2, 0.25) is 0 Å². The van der Waals surface area contributed by atoms with Gasteiger partial charge in [0.15, 0.2) is 0 Å². The van der Waals surface area contributed by atoms with Gasteiger partial charge >= 0.3 is 0 Å². The molecule has 21 heavy (non-hydrogen) atoms. The van der Waals surface area contributed by atoms with E-state index in [4.69, 9.17) is 0 Å². The van der Waals surface area contributed by atoms with Crippen LogP contribution in [0.4, 0.5) is 4.39 Å². The predicted octanol–water partition coefficient (Wildman–Crippen LogP) is 5.35. The molecule has 0 amide bonds. The van der Waals surface area contributed by atoms with Crippen molar-refractivity contribution in [3.05, 3.63) is 50.9 Å². The fourth-order valence-corrected chi connectivity index (χ4v) is 4.56. The Morgan fingerprint density at radius 3 is 2.76 bits per heavy atom. The van der Waals surface area contributed by atoms with Gasteiger partial charge in [-0.05, 0) is 59.6 Å². The molecule has 1 aromatic carbocycles. The number of hydrogen-bond donors (Lipinski definition) is 1. The Bertz CT molecular complexity index is 559. The predicted molar refractivity (Wildman–Crippen MR) is 94.9 cm³/mol. The zero-order chi connectivity index (χ0) is 15.1. The lowest BCUT2D eigenvalue weighted by molar-refractivity contribution is 0.552. The average Bonchev–Trinajstić information content (AvgIpc) is 2.88. The molecule has 1 N–H and O–H groups in total. The molecule has 1 unspecified atom stereocenters. The van der Waals surface area contributed by atoms with Crippen LogP contribution in [-0.2, 0) is 6.42 Å². The van der Waals surface area contributed by atoms with E-state index in [9.17, 15) is 4.39 Å². The van der Waals surface area contributed by atoms with Crippen LogP contribution in [0.2, 0.25) is 0 Å². The third-order valence-electron chi connectivity index (χ3n) is 3.04. The SMILES string of the molecule is CCCNC(CSc1ccccc1F)Cc1ccc(Br)s1. The van der Waals surface area contributed by atoms with Gasteiger partial charge in [0.25, 0.3) is 0 Å². The number of thiophene rings is 1. The summed E-state index contributed by atoms with van der Waals surface area (Å²) in [6, 6.07) is 11.6. The van der Waals surface area contributed by atoms with E-state index in [1.54, 1.807) is 29.2 Å². The van der Waals surface area contributed by atoms with Gasteiger partial charge in [0, 0.05) is 21.6 Å². The Labute approximate surface area is 142 Å². The molecule has 1 aromatic heterocycles. The molecule has 114 valence electrons. The summed E-state index contributed by atoms with van der Waals surface area (Å²) in [5.74, 6) is 0.742. The Morgan fingerprint density at radius 1 is 1.29 bits per heavy atom. The molecule has 0 fully saturated rings. The van der Waals surface area contributed by atoms with Crippen molar-refractivity contribution in [3.8, 4) is 0 Å². The molecule has 0 spiro atoms. The Morgan fingerprint density at radius 2 is 2.10 bits per heavy atom. The van der Waals surface area contributed by atoms with Gasteiger partial charge in [-0.2, -0.15) is 0 Å². The summed E-state index contributed by atoms with van der Waals surface area (Å²) >= 11 is 6.86. The van der Waals surface area contributed by atoms with Crippen LogP contribution < -0.4 is 5.32 Å². The highest BCUT2D eigenvalue weighted by Crippen LogP contribution is 2.26. The fourth-order valence-electron chi connectivity index (χ4n) is 1.99. The summed E-state index contributed by atoms with van der Waals surface area (Å²) in [5.41, 5.74) is 0. The van der Waals surface area contributed by atoms with Crippen LogP contribution in [-0.4, -0.2) is 18.3 Å². The van der Waals surface area contributed by atoms with Gasteiger partial charge in [-0.1, -0.05) is 19.1 Å². The average molecular weight is 388 g/mol. The molecule has 0 aliphatic rings. The second kappa shape index (κ2) is 8.93. The maximum absolute atomic E-state index is 13.7. The van der Waals surface area contributed by atoms with Crippen LogP contribution >= 0.6 is 39.0 Å². The first-order valence-electron chi connectivity index (χ1n) is 7.04. The van der Waals surface area contributed by atoms with Crippen molar-refractivity contribution in [1.29, 1.82) is 0 Å². The number of nitrogens with one attached hydrogen (secondary N) is 1. The highest BCUT2D eigenvalue weighted by atomic mass is 79.9. The first kappa shape index (κ1) is 17.0. The second-order valence-corrected chi connectivity index (χ2v) is 8.41. The highest BCUT2D eigenvalue weighted by Gasteiger charge is 2.12. The highest BCUT2D eigenvalue weighted by molar-refractivity contribution is 9.11. The van der Waals surface area contributed by atoms with Crippen LogP contribution in [0.3, 0.4) is 0 Å². The van der Waals surface area contributed by atoms with E-state index in [0.29, 0.717) is 6.04 Å². The maximum atomic E-state index is 13.7. The van der Waals surface area contributed by atoms with E-state index in [-0.39, 0.29) is 5.82 Å². The summed E-state index contributed by atoms with van der Waals surface area (Å²) in [7, 11) is 0. The molecule has 1 heterocycles. The fraction of sp³-hybridized carbons (Fsp3) is 0.375. The minimum absolute atomic E-state index is 0.129. The Kier molecular flexibility index (Phi) is 7.23. The number of hydrogen-bond acceptors (Lipinski definition) is 3. The molecule has 0 radical (unpaired) electrons. The maximum Gasteiger partial charge on any atom is 0.136 e. The molecule has 2 rings (SSSR count). The zero-order valence-electron chi connectivity index (χ0n) is 11.9. The number of rotatable bonds is 8. The lowest BCUT2D eigenvalue weighted by atomic mass is 10.2. The number of benzene rings is 1. The van der Waals surface area contributed by atoms with E-state index in [2.05, 4.69) is 40.3 Å². The molecular weight excluding hydrogens is 369 g/mol. The monoisotopic (exact) mass is 387 g/mol. The molecule has 1 nitrogen and oxygen atoms in total. The minimum atomic E-state index is -0.129. The van der Waals surface area contributed by atoms with Crippen molar-refractivity contribution in [2.45, 2.75) is 30.7 Å². The van der Waals surface area contributed by atoms with Crippen LogP contribution in [0.25, 0.3) is 0 Å². The van der Waals surface area contributed by atoms with Crippen molar-refractivity contribution < 1.29 is 4.39 Å². The summed E-state index contributed by atoms with van der Waals surface area (Å²) in [4.78, 5) is 2.08. The van der Waals surface area contributed by atoms with Crippen molar-refractivity contribution >= 4 is 39.0 Å². The molecule has 5 heteroatoms. The van der Waals surface area contributed by atoms with Crippen molar-refractivity contribution in [2.75, 3.05) is 12.3 Å². The summed E-state index contributed by atoms with van der Waals surface area (Å²) in [5, 5.41) is 3.56. The van der Waals surface area contributed by atoms with E-state index in [1.807, 2.05) is 12.1 Å². The van der Waals surface area contributed by atoms with Gasteiger partial charge in [-0.25, -0.2) is 4.39 Å². The van der Waals surface area contributed by atoms with Gasteiger partial charge in [-0.3, -0.25) is 0 Å². The second-order valence-electron chi connectivity index (χ2n) is 4.80. The van der Waals surface area contributed by atoms with E-state index < -0.39 is 0 Å². The molecule has 0 aliphatic carbocycles. The summed E-state index contributed by atoms with van der Waals surface area (Å²) in [6.45, 7) is 3.16. The molecule has 2 aromatic rings. The first-order valence-corrected chi connectivity index (χ1v) is 9.63. The molecule has 1 atom stereocenters. The van der Waals surface area contributed by atoms with E-state index in [1.165, 1.54) is 10.9 Å². The Hall–Kier alpha value is -0.360. The van der Waals surface area contributed by atoms with Crippen molar-refractivity contribution in [1.82, 2.24) is 5.32 Å². The van der Waals surface area contributed by atoms with Gasteiger partial charge in [0.1, 0.15) is 5.82 Å². The summed E-state index contributed by atoms with van der Waals surface area (Å²) in [6.07, 6.45) is 2.09. The zero-order valence-corrected chi connectivity index (χ0v) is 15.2. The number of thioether (sulfide) groups is 1. The number of halogens is 2. The van der Waals surface area contributed by atoms with Crippen LogP contribution in [0, 0.1) is 5.82 Å². The van der Waals surface area contributed by atoms with Crippen LogP contribution in [0.5, 0.6) is 0 Å².